The molecule has 1 fully saturated rings. The molecule has 0 radical (unpaired) electrons. The van der Waals surface area contributed by atoms with E-state index >= 15 is 0 Å². The molecule has 1 saturated heterocycles. The lowest BCUT2D eigenvalue weighted by Gasteiger charge is -2.23. The van der Waals surface area contributed by atoms with Crippen molar-refractivity contribution in [1.82, 2.24) is 13.9 Å². The first-order valence-corrected chi connectivity index (χ1v) is 11.7. The van der Waals surface area contributed by atoms with E-state index in [4.69, 9.17) is 19.4 Å². The first-order valence-electron chi connectivity index (χ1n) is 10.1. The summed E-state index contributed by atoms with van der Waals surface area (Å²) in [6.07, 6.45) is 7.00. The van der Waals surface area contributed by atoms with Crippen LogP contribution in [-0.4, -0.2) is 74.0 Å². The molecule has 0 spiro atoms. The number of rotatable bonds is 6. The molecule has 9 nitrogen and oxygen atoms in total. The van der Waals surface area contributed by atoms with Crippen LogP contribution in [0, 0.1) is 5.92 Å². The minimum atomic E-state index is -3.31. The maximum atomic E-state index is 12.4. The number of methoxy groups -OCH3 is 1. The SMILES string of the molecule is COc1cc2c(cc1-c1nccn1[C@@H]1COC[C@H]1CS(=O)(=O)N(C)C)CCC2.O=CO. The summed E-state index contributed by atoms with van der Waals surface area (Å²) in [5.41, 5.74) is 3.65. The third-order valence-electron chi connectivity index (χ3n) is 5.83. The summed E-state index contributed by atoms with van der Waals surface area (Å²) in [5.74, 6) is 1.54. The lowest BCUT2D eigenvalue weighted by molar-refractivity contribution is -0.122. The quantitative estimate of drug-likeness (QED) is 0.667. The number of ether oxygens (including phenoxy) is 2. The van der Waals surface area contributed by atoms with E-state index < -0.39 is 10.0 Å². The molecule has 0 unspecified atom stereocenters. The van der Waals surface area contributed by atoms with Gasteiger partial charge in [-0.3, -0.25) is 4.79 Å². The molecule has 1 aliphatic carbocycles. The van der Waals surface area contributed by atoms with Gasteiger partial charge in [0.05, 0.1) is 37.7 Å². The fourth-order valence-electron chi connectivity index (χ4n) is 4.21. The Morgan fingerprint density at radius 1 is 1.29 bits per heavy atom. The molecule has 10 heteroatoms. The van der Waals surface area contributed by atoms with Crippen LogP contribution in [0.25, 0.3) is 11.4 Å². The zero-order chi connectivity index (χ0) is 22.6. The second kappa shape index (κ2) is 9.80. The minimum Gasteiger partial charge on any atom is -0.496 e. The first-order chi connectivity index (χ1) is 14.8. The standard InChI is InChI=1S/C20H27N3O4S.CH2O2/c1-22(2)28(24,25)13-16-11-27-12-18(16)23-8-7-21-20(23)17-9-14-5-4-6-15(14)10-19(17)26-3;2-1-3/h7-10,16,18H,4-6,11-13H2,1-3H3;1H,(H,2,3)/t16-,18+;/m0./s1. The van der Waals surface area contributed by atoms with Gasteiger partial charge in [-0.15, -0.1) is 0 Å². The monoisotopic (exact) mass is 451 g/mol. The number of hydrogen-bond acceptors (Lipinski definition) is 6. The van der Waals surface area contributed by atoms with Gasteiger partial charge in [0.1, 0.15) is 11.6 Å². The van der Waals surface area contributed by atoms with Crippen molar-refractivity contribution in [3.05, 3.63) is 35.7 Å². The van der Waals surface area contributed by atoms with Crippen molar-refractivity contribution in [2.45, 2.75) is 25.3 Å². The summed E-state index contributed by atoms with van der Waals surface area (Å²) in [7, 11) is 1.51. The van der Waals surface area contributed by atoms with Crippen LogP contribution in [0.2, 0.25) is 0 Å². The van der Waals surface area contributed by atoms with Gasteiger partial charge in [0.15, 0.2) is 0 Å². The molecule has 1 aromatic carbocycles. The van der Waals surface area contributed by atoms with E-state index in [0.29, 0.717) is 13.2 Å². The minimum absolute atomic E-state index is 0.0591. The molecule has 2 atom stereocenters. The summed E-state index contributed by atoms with van der Waals surface area (Å²) in [5, 5.41) is 6.89. The van der Waals surface area contributed by atoms with Crippen molar-refractivity contribution in [2.24, 2.45) is 5.92 Å². The molecule has 0 amide bonds. The Balaban J connectivity index is 0.000000858. The average Bonchev–Trinajstić information content (AvgIpc) is 3.46. The van der Waals surface area contributed by atoms with Crippen molar-refractivity contribution >= 4 is 16.5 Å². The van der Waals surface area contributed by atoms with E-state index in [2.05, 4.69) is 21.7 Å². The lowest BCUT2D eigenvalue weighted by atomic mass is 10.0. The van der Waals surface area contributed by atoms with E-state index in [1.807, 2.05) is 6.20 Å². The fourth-order valence-corrected chi connectivity index (χ4v) is 5.37. The summed E-state index contributed by atoms with van der Waals surface area (Å²) >= 11 is 0. The van der Waals surface area contributed by atoms with Gasteiger partial charge < -0.3 is 19.1 Å². The van der Waals surface area contributed by atoms with Crippen LogP contribution in [0.3, 0.4) is 0 Å². The van der Waals surface area contributed by atoms with Crippen LogP contribution in [-0.2, 0) is 32.4 Å². The summed E-state index contributed by atoms with van der Waals surface area (Å²) in [6.45, 7) is 0.654. The molecule has 2 aromatic rings. The van der Waals surface area contributed by atoms with Gasteiger partial charge in [-0.2, -0.15) is 0 Å². The molecule has 0 bridgehead atoms. The number of nitrogens with zero attached hydrogens (tertiary/aromatic N) is 3. The second-order valence-electron chi connectivity index (χ2n) is 7.86. The van der Waals surface area contributed by atoms with Crippen LogP contribution < -0.4 is 4.74 Å². The molecule has 1 aliphatic heterocycles. The number of sulfonamides is 1. The molecular weight excluding hydrogens is 422 g/mol. The Hall–Kier alpha value is -2.43. The number of imidazole rings is 1. The number of benzene rings is 1. The second-order valence-corrected chi connectivity index (χ2v) is 10.1. The Morgan fingerprint density at radius 3 is 2.61 bits per heavy atom. The zero-order valence-electron chi connectivity index (χ0n) is 18.0. The highest BCUT2D eigenvalue weighted by molar-refractivity contribution is 7.89. The molecular formula is C21H29N3O6S. The molecule has 1 aromatic heterocycles. The van der Waals surface area contributed by atoms with E-state index in [1.54, 1.807) is 27.4 Å². The van der Waals surface area contributed by atoms with Gasteiger partial charge in [-0.1, -0.05) is 0 Å². The number of aryl methyl sites for hydroxylation is 2. The fraction of sp³-hybridized carbons (Fsp3) is 0.524. The van der Waals surface area contributed by atoms with E-state index in [9.17, 15) is 8.42 Å². The maximum absolute atomic E-state index is 12.4. The molecule has 2 aliphatic rings. The van der Waals surface area contributed by atoms with Crippen molar-refractivity contribution in [3.63, 3.8) is 0 Å². The molecule has 2 heterocycles. The van der Waals surface area contributed by atoms with Gasteiger partial charge in [-0.25, -0.2) is 17.7 Å². The molecule has 0 saturated carbocycles. The number of hydrogen-bond donors (Lipinski definition) is 1. The predicted octanol–water partition coefficient (Wildman–Crippen LogP) is 1.83. The third kappa shape index (κ3) is 4.91. The Kier molecular flexibility index (Phi) is 7.34. The van der Waals surface area contributed by atoms with E-state index in [1.165, 1.54) is 15.4 Å². The smallest absolute Gasteiger partial charge is 0.290 e. The van der Waals surface area contributed by atoms with Crippen LogP contribution >= 0.6 is 0 Å². The highest BCUT2D eigenvalue weighted by Crippen LogP contribution is 2.38. The predicted molar refractivity (Wildman–Crippen MR) is 116 cm³/mol. The van der Waals surface area contributed by atoms with Gasteiger partial charge in [0.2, 0.25) is 10.0 Å². The normalized spacial score (nSPS) is 20.3. The van der Waals surface area contributed by atoms with E-state index in [0.717, 1.165) is 36.4 Å². The van der Waals surface area contributed by atoms with Gasteiger partial charge >= 0.3 is 0 Å². The van der Waals surface area contributed by atoms with Crippen LogP contribution in [0.1, 0.15) is 23.6 Å². The van der Waals surface area contributed by atoms with Crippen LogP contribution in [0.5, 0.6) is 5.75 Å². The molecule has 31 heavy (non-hydrogen) atoms. The Labute approximate surface area is 182 Å². The molecule has 170 valence electrons. The Bertz CT molecular complexity index is 1020. The van der Waals surface area contributed by atoms with Gasteiger partial charge in [0, 0.05) is 32.4 Å². The number of carbonyl (C=O) groups is 1. The summed E-state index contributed by atoms with van der Waals surface area (Å²) < 4.78 is 39.5. The summed E-state index contributed by atoms with van der Waals surface area (Å²) in [4.78, 5) is 13.0. The van der Waals surface area contributed by atoms with Crippen LogP contribution in [0.4, 0.5) is 0 Å². The molecule has 4 rings (SSSR count). The maximum Gasteiger partial charge on any atom is 0.290 e. The van der Waals surface area contributed by atoms with Crippen molar-refractivity contribution in [1.29, 1.82) is 0 Å². The van der Waals surface area contributed by atoms with Crippen molar-refractivity contribution < 1.29 is 27.8 Å². The van der Waals surface area contributed by atoms with Crippen molar-refractivity contribution in [3.8, 4) is 17.1 Å². The van der Waals surface area contributed by atoms with Crippen molar-refractivity contribution in [2.75, 3.05) is 40.2 Å². The lowest BCUT2D eigenvalue weighted by Crippen LogP contribution is -2.32. The highest BCUT2D eigenvalue weighted by atomic mass is 32.2. The van der Waals surface area contributed by atoms with Gasteiger partial charge in [-0.05, 0) is 42.5 Å². The van der Waals surface area contributed by atoms with Gasteiger partial charge in [0.25, 0.3) is 6.47 Å². The topological polar surface area (TPSA) is 111 Å². The summed E-state index contributed by atoms with van der Waals surface area (Å²) in [6, 6.07) is 4.22. The number of fused-ring (bicyclic) bond motifs is 1. The number of aromatic nitrogens is 2. The third-order valence-corrected chi connectivity index (χ3v) is 7.79. The highest BCUT2D eigenvalue weighted by Gasteiger charge is 2.35. The zero-order valence-corrected chi connectivity index (χ0v) is 18.8. The Morgan fingerprint density at radius 2 is 1.97 bits per heavy atom. The number of carboxylic acid groups (broad SMARTS) is 1. The van der Waals surface area contributed by atoms with E-state index in [-0.39, 0.29) is 24.2 Å². The largest absolute Gasteiger partial charge is 0.496 e. The average molecular weight is 452 g/mol. The molecule has 1 N–H and O–H groups in total. The van der Waals surface area contributed by atoms with Crippen LogP contribution in [0.15, 0.2) is 24.5 Å². The first kappa shape index (κ1) is 23.2.